The van der Waals surface area contributed by atoms with Crippen LogP contribution in [-0.4, -0.2) is 26.3 Å². The minimum absolute atomic E-state index is 0. The van der Waals surface area contributed by atoms with Crippen molar-refractivity contribution in [3.63, 3.8) is 0 Å². The van der Waals surface area contributed by atoms with Crippen molar-refractivity contribution < 1.29 is 9.47 Å². The van der Waals surface area contributed by atoms with E-state index in [1.54, 1.807) is 0 Å². The van der Waals surface area contributed by atoms with E-state index in [-0.39, 0.29) is 17.8 Å². The number of rotatable bonds is 0. The molecule has 4 heteroatoms. The molecule has 1 aromatic carbocycles. The van der Waals surface area contributed by atoms with Crippen LogP contribution in [0, 0.1) is 5.41 Å². The first-order valence-corrected chi connectivity index (χ1v) is 5.93. The summed E-state index contributed by atoms with van der Waals surface area (Å²) in [4.78, 5) is 0. The van der Waals surface area contributed by atoms with E-state index >= 15 is 0 Å². The van der Waals surface area contributed by atoms with E-state index in [9.17, 15) is 0 Å². The number of hydrogen-bond donors (Lipinski definition) is 1. The normalized spacial score (nSPS) is 27.1. The maximum atomic E-state index is 5.90. The zero-order valence-electron chi connectivity index (χ0n) is 9.78. The Bertz CT molecular complexity index is 377. The molecule has 0 radical (unpaired) electrons. The molecule has 1 fully saturated rings. The van der Waals surface area contributed by atoms with Crippen LogP contribution in [0.1, 0.15) is 12.8 Å². The van der Waals surface area contributed by atoms with Gasteiger partial charge in [0.15, 0.2) is 11.5 Å². The lowest BCUT2D eigenvalue weighted by Crippen LogP contribution is -2.34. The van der Waals surface area contributed by atoms with Crippen molar-refractivity contribution in [1.29, 1.82) is 0 Å². The Kier molecular flexibility index (Phi) is 3.79. The van der Waals surface area contributed by atoms with Gasteiger partial charge in [-0.05, 0) is 31.5 Å². The fraction of sp³-hybridized carbons (Fsp3) is 0.538. The second kappa shape index (κ2) is 5.15. The zero-order chi connectivity index (χ0) is 10.8. The number of nitrogens with one attached hydrogen (secondary N) is 1. The van der Waals surface area contributed by atoms with Gasteiger partial charge in [-0.3, -0.25) is 0 Å². The molecule has 1 unspecified atom stereocenters. The maximum Gasteiger partial charge on any atom is 0.161 e. The first-order valence-electron chi connectivity index (χ1n) is 5.93. The zero-order valence-corrected chi connectivity index (χ0v) is 10.6. The highest BCUT2D eigenvalue weighted by molar-refractivity contribution is 5.85. The summed E-state index contributed by atoms with van der Waals surface area (Å²) in [5, 5.41) is 3.42. The summed E-state index contributed by atoms with van der Waals surface area (Å²) in [5.74, 6) is 1.76. The van der Waals surface area contributed by atoms with E-state index in [0.717, 1.165) is 44.2 Å². The smallest absolute Gasteiger partial charge is 0.161 e. The van der Waals surface area contributed by atoms with Gasteiger partial charge in [0.25, 0.3) is 0 Å². The maximum absolute atomic E-state index is 5.90. The summed E-state index contributed by atoms with van der Waals surface area (Å²) in [6.45, 7) is 3.76. The second-order valence-corrected chi connectivity index (χ2v) is 4.76. The van der Waals surface area contributed by atoms with E-state index < -0.39 is 0 Å². The Hall–Kier alpha value is -0.930. The highest BCUT2D eigenvalue weighted by Crippen LogP contribution is 2.36. The predicted octanol–water partition coefficient (Wildman–Crippen LogP) is 2.25. The van der Waals surface area contributed by atoms with Crippen LogP contribution in [0.3, 0.4) is 0 Å². The monoisotopic (exact) mass is 255 g/mol. The summed E-state index contributed by atoms with van der Waals surface area (Å²) in [7, 11) is 0. The third kappa shape index (κ3) is 2.50. The van der Waals surface area contributed by atoms with E-state index in [0.29, 0.717) is 0 Å². The minimum atomic E-state index is 0. The third-order valence-electron chi connectivity index (χ3n) is 3.61. The minimum Gasteiger partial charge on any atom is -0.490 e. The molecule has 1 saturated heterocycles. The van der Waals surface area contributed by atoms with Crippen molar-refractivity contribution in [2.24, 2.45) is 5.41 Å². The van der Waals surface area contributed by atoms with Crippen LogP contribution in [0.4, 0.5) is 0 Å². The summed E-state index contributed by atoms with van der Waals surface area (Å²) in [5.41, 5.74) is 0.285. The average molecular weight is 256 g/mol. The largest absolute Gasteiger partial charge is 0.490 e. The van der Waals surface area contributed by atoms with Crippen molar-refractivity contribution in [1.82, 2.24) is 5.32 Å². The predicted molar refractivity (Wildman–Crippen MR) is 69.2 cm³/mol. The Labute approximate surface area is 108 Å². The van der Waals surface area contributed by atoms with Crippen LogP contribution in [0.25, 0.3) is 0 Å². The molecule has 17 heavy (non-hydrogen) atoms. The van der Waals surface area contributed by atoms with Gasteiger partial charge in [-0.25, -0.2) is 0 Å². The van der Waals surface area contributed by atoms with Crippen LogP contribution < -0.4 is 14.8 Å². The summed E-state index contributed by atoms with van der Waals surface area (Å²) in [6.07, 6.45) is 2.27. The molecule has 0 saturated carbocycles. The number of halogens is 1. The first kappa shape index (κ1) is 12.5. The number of hydrogen-bond acceptors (Lipinski definition) is 3. The molecule has 0 aliphatic carbocycles. The lowest BCUT2D eigenvalue weighted by atomic mass is 9.84. The molecule has 2 aliphatic heterocycles. The van der Waals surface area contributed by atoms with Crippen molar-refractivity contribution in [2.75, 3.05) is 26.3 Å². The van der Waals surface area contributed by atoms with Crippen LogP contribution in [-0.2, 0) is 0 Å². The topological polar surface area (TPSA) is 30.5 Å². The SMILES string of the molecule is Cl.c1ccc2c(c1)OCCC1(CCNC1)CO2. The summed E-state index contributed by atoms with van der Waals surface area (Å²) in [6, 6.07) is 7.93. The number of para-hydroxylation sites is 2. The lowest BCUT2D eigenvalue weighted by molar-refractivity contribution is 0.105. The Balaban J connectivity index is 0.00000108. The van der Waals surface area contributed by atoms with Crippen molar-refractivity contribution >= 4 is 12.4 Å². The molecule has 2 heterocycles. The van der Waals surface area contributed by atoms with Crippen LogP contribution >= 0.6 is 12.4 Å². The molecule has 3 nitrogen and oxygen atoms in total. The molecule has 0 bridgehead atoms. The summed E-state index contributed by atoms with van der Waals surface area (Å²) < 4.78 is 11.7. The van der Waals surface area contributed by atoms with Gasteiger partial charge in [-0.2, -0.15) is 0 Å². The first-order chi connectivity index (χ1) is 7.88. The van der Waals surface area contributed by atoms with Gasteiger partial charge in [-0.1, -0.05) is 12.1 Å². The van der Waals surface area contributed by atoms with Crippen LogP contribution in [0.2, 0.25) is 0 Å². The molecule has 1 spiro atoms. The number of fused-ring (bicyclic) bond motifs is 1. The third-order valence-corrected chi connectivity index (χ3v) is 3.61. The molecule has 1 atom stereocenters. The summed E-state index contributed by atoms with van der Waals surface area (Å²) >= 11 is 0. The molecular formula is C13H18ClNO2. The van der Waals surface area contributed by atoms with E-state index in [4.69, 9.17) is 9.47 Å². The molecule has 94 valence electrons. The Morgan fingerprint density at radius 1 is 1.06 bits per heavy atom. The molecule has 0 aromatic heterocycles. The van der Waals surface area contributed by atoms with Gasteiger partial charge in [0.1, 0.15) is 0 Å². The van der Waals surface area contributed by atoms with Crippen LogP contribution in [0.15, 0.2) is 24.3 Å². The van der Waals surface area contributed by atoms with Crippen molar-refractivity contribution in [2.45, 2.75) is 12.8 Å². The second-order valence-electron chi connectivity index (χ2n) is 4.76. The Morgan fingerprint density at radius 2 is 1.82 bits per heavy atom. The molecular weight excluding hydrogens is 238 g/mol. The fourth-order valence-electron chi connectivity index (χ4n) is 2.50. The molecule has 0 amide bonds. The van der Waals surface area contributed by atoms with Gasteiger partial charge in [0.2, 0.25) is 0 Å². The number of ether oxygens (including phenoxy) is 2. The molecule has 3 rings (SSSR count). The highest BCUT2D eigenvalue weighted by Gasteiger charge is 2.35. The lowest BCUT2D eigenvalue weighted by Gasteiger charge is -2.30. The Morgan fingerprint density at radius 3 is 2.53 bits per heavy atom. The average Bonchev–Trinajstić information content (AvgIpc) is 2.75. The standard InChI is InChI=1S/C13H17NO2.ClH/c1-2-4-12-11(3-1)15-8-6-13(10-16-12)5-7-14-9-13;/h1-4,14H,5-10H2;1H. The van der Waals surface area contributed by atoms with E-state index in [1.165, 1.54) is 6.42 Å². The van der Waals surface area contributed by atoms with Gasteiger partial charge >= 0.3 is 0 Å². The molecule has 1 aromatic rings. The van der Waals surface area contributed by atoms with Gasteiger partial charge in [0, 0.05) is 12.0 Å². The molecule has 2 aliphatic rings. The van der Waals surface area contributed by atoms with E-state index in [2.05, 4.69) is 5.32 Å². The van der Waals surface area contributed by atoms with Crippen molar-refractivity contribution in [3.05, 3.63) is 24.3 Å². The van der Waals surface area contributed by atoms with Crippen molar-refractivity contribution in [3.8, 4) is 11.5 Å². The van der Waals surface area contributed by atoms with Crippen LogP contribution in [0.5, 0.6) is 11.5 Å². The van der Waals surface area contributed by atoms with E-state index in [1.807, 2.05) is 24.3 Å². The van der Waals surface area contributed by atoms with Gasteiger partial charge in [0.05, 0.1) is 13.2 Å². The van der Waals surface area contributed by atoms with Gasteiger partial charge in [-0.15, -0.1) is 12.4 Å². The molecule has 1 N–H and O–H groups in total. The number of benzene rings is 1. The van der Waals surface area contributed by atoms with Gasteiger partial charge < -0.3 is 14.8 Å². The quantitative estimate of drug-likeness (QED) is 0.771. The fourth-order valence-corrected chi connectivity index (χ4v) is 2.50. The highest BCUT2D eigenvalue weighted by atomic mass is 35.5.